The molecule has 2 N–H and O–H groups in total. The molecule has 0 aromatic heterocycles. The second-order valence-electron chi connectivity index (χ2n) is 5.24. The van der Waals surface area contributed by atoms with Gasteiger partial charge in [-0.3, -0.25) is 0 Å². The van der Waals surface area contributed by atoms with E-state index in [1.807, 2.05) is 24.3 Å². The molecule has 0 aliphatic heterocycles. The lowest BCUT2D eigenvalue weighted by Crippen LogP contribution is -2.39. The Labute approximate surface area is 136 Å². The standard InChI is InChI=1S/C14H24BrN3O2S/c1-12(2)16-9-4-10-18(3)21(19,20)17-11-13-5-7-14(15)8-6-13/h5-8,12,16-17H,4,9-11H2,1-3H3. The second kappa shape index (κ2) is 8.85. The van der Waals surface area contributed by atoms with Crippen LogP contribution in [0.3, 0.4) is 0 Å². The molecule has 1 aromatic carbocycles. The molecule has 0 aliphatic carbocycles. The van der Waals surface area contributed by atoms with Crippen molar-refractivity contribution in [3.05, 3.63) is 34.3 Å². The van der Waals surface area contributed by atoms with E-state index in [1.165, 1.54) is 4.31 Å². The molecule has 120 valence electrons. The zero-order chi connectivity index (χ0) is 15.9. The third-order valence-electron chi connectivity index (χ3n) is 2.98. The monoisotopic (exact) mass is 377 g/mol. The first-order valence-electron chi connectivity index (χ1n) is 7.00. The van der Waals surface area contributed by atoms with Gasteiger partial charge >= 0.3 is 0 Å². The highest BCUT2D eigenvalue weighted by atomic mass is 79.9. The number of hydrogen-bond acceptors (Lipinski definition) is 3. The Bertz CT molecular complexity index is 518. The molecule has 0 aliphatic rings. The molecule has 0 spiro atoms. The van der Waals surface area contributed by atoms with Crippen LogP contribution in [-0.4, -0.2) is 38.9 Å². The number of nitrogens with one attached hydrogen (secondary N) is 2. The number of halogens is 1. The number of nitrogens with zero attached hydrogens (tertiary/aromatic N) is 1. The number of benzene rings is 1. The van der Waals surface area contributed by atoms with Crippen molar-refractivity contribution >= 4 is 26.1 Å². The highest BCUT2D eigenvalue weighted by molar-refractivity contribution is 9.10. The Balaban J connectivity index is 2.39. The predicted molar refractivity (Wildman–Crippen MR) is 90.3 cm³/mol. The topological polar surface area (TPSA) is 61.4 Å². The van der Waals surface area contributed by atoms with E-state index in [2.05, 4.69) is 39.8 Å². The summed E-state index contributed by atoms with van der Waals surface area (Å²) < 4.78 is 29.1. The molecule has 0 amide bonds. The summed E-state index contributed by atoms with van der Waals surface area (Å²) >= 11 is 3.35. The van der Waals surface area contributed by atoms with Crippen LogP contribution >= 0.6 is 15.9 Å². The molecule has 1 rings (SSSR count). The van der Waals surface area contributed by atoms with Crippen molar-refractivity contribution < 1.29 is 8.42 Å². The van der Waals surface area contributed by atoms with Crippen molar-refractivity contribution in [2.24, 2.45) is 0 Å². The molecule has 0 saturated heterocycles. The fraction of sp³-hybridized carbons (Fsp3) is 0.571. The summed E-state index contributed by atoms with van der Waals surface area (Å²) in [7, 11) is -1.83. The van der Waals surface area contributed by atoms with Crippen LogP contribution in [0.2, 0.25) is 0 Å². The number of hydrogen-bond donors (Lipinski definition) is 2. The van der Waals surface area contributed by atoms with Gasteiger partial charge in [0, 0.05) is 30.7 Å². The smallest absolute Gasteiger partial charge is 0.279 e. The molecule has 0 bridgehead atoms. The van der Waals surface area contributed by atoms with Crippen molar-refractivity contribution in [1.29, 1.82) is 0 Å². The third kappa shape index (κ3) is 7.37. The van der Waals surface area contributed by atoms with E-state index in [-0.39, 0.29) is 0 Å². The average molecular weight is 378 g/mol. The van der Waals surface area contributed by atoms with E-state index in [0.29, 0.717) is 19.1 Å². The highest BCUT2D eigenvalue weighted by Crippen LogP contribution is 2.10. The molecule has 0 radical (unpaired) electrons. The summed E-state index contributed by atoms with van der Waals surface area (Å²) in [6.07, 6.45) is 0.786. The van der Waals surface area contributed by atoms with E-state index in [1.54, 1.807) is 7.05 Å². The first-order chi connectivity index (χ1) is 9.81. The SMILES string of the molecule is CC(C)NCCCN(C)S(=O)(=O)NCc1ccc(Br)cc1. The van der Waals surface area contributed by atoms with Crippen LogP contribution in [0.25, 0.3) is 0 Å². The lowest BCUT2D eigenvalue weighted by Gasteiger charge is -2.18. The molecule has 0 saturated carbocycles. The summed E-state index contributed by atoms with van der Waals surface area (Å²) in [6.45, 7) is 5.74. The summed E-state index contributed by atoms with van der Waals surface area (Å²) in [6, 6.07) is 7.98. The van der Waals surface area contributed by atoms with Gasteiger partial charge < -0.3 is 5.32 Å². The van der Waals surface area contributed by atoms with Crippen LogP contribution in [0, 0.1) is 0 Å². The van der Waals surface area contributed by atoms with Crippen LogP contribution in [-0.2, 0) is 16.8 Å². The van der Waals surface area contributed by atoms with E-state index in [9.17, 15) is 8.42 Å². The molecular weight excluding hydrogens is 354 g/mol. The van der Waals surface area contributed by atoms with E-state index in [0.717, 1.165) is 23.0 Å². The quantitative estimate of drug-likeness (QED) is 0.647. The Morgan fingerprint density at radius 1 is 1.24 bits per heavy atom. The lowest BCUT2D eigenvalue weighted by molar-refractivity contribution is 0.439. The van der Waals surface area contributed by atoms with Gasteiger partial charge in [-0.2, -0.15) is 17.4 Å². The summed E-state index contributed by atoms with van der Waals surface area (Å²) in [4.78, 5) is 0. The van der Waals surface area contributed by atoms with Crippen molar-refractivity contribution in [3.63, 3.8) is 0 Å². The maximum absolute atomic E-state index is 12.1. The molecule has 1 aromatic rings. The number of rotatable bonds is 9. The van der Waals surface area contributed by atoms with Gasteiger partial charge in [0.1, 0.15) is 0 Å². The maximum atomic E-state index is 12.1. The Hall–Kier alpha value is -0.470. The maximum Gasteiger partial charge on any atom is 0.279 e. The molecule has 5 nitrogen and oxygen atoms in total. The predicted octanol–water partition coefficient (Wildman–Crippen LogP) is 2.10. The normalized spacial score (nSPS) is 12.3. The second-order valence-corrected chi connectivity index (χ2v) is 8.01. The summed E-state index contributed by atoms with van der Waals surface area (Å²) in [5.41, 5.74) is 0.927. The molecular formula is C14H24BrN3O2S. The average Bonchev–Trinajstić information content (AvgIpc) is 2.42. The molecule has 7 heteroatoms. The Morgan fingerprint density at radius 3 is 2.43 bits per heavy atom. The van der Waals surface area contributed by atoms with Gasteiger partial charge in [0.05, 0.1) is 0 Å². The van der Waals surface area contributed by atoms with Gasteiger partial charge in [-0.05, 0) is 30.7 Å². The van der Waals surface area contributed by atoms with Crippen molar-refractivity contribution in [3.8, 4) is 0 Å². The molecule has 0 heterocycles. The summed E-state index contributed by atoms with van der Waals surface area (Å²) in [5, 5.41) is 3.27. The zero-order valence-corrected chi connectivity index (χ0v) is 15.2. The molecule has 0 unspecified atom stereocenters. The fourth-order valence-electron chi connectivity index (χ4n) is 1.70. The molecule has 0 fully saturated rings. The lowest BCUT2D eigenvalue weighted by atomic mass is 10.2. The van der Waals surface area contributed by atoms with Crippen LogP contribution in [0.5, 0.6) is 0 Å². The van der Waals surface area contributed by atoms with Gasteiger partial charge in [-0.15, -0.1) is 0 Å². The van der Waals surface area contributed by atoms with Crippen molar-refractivity contribution in [2.75, 3.05) is 20.1 Å². The van der Waals surface area contributed by atoms with Crippen LogP contribution in [0.15, 0.2) is 28.7 Å². The molecule has 21 heavy (non-hydrogen) atoms. The largest absolute Gasteiger partial charge is 0.314 e. The van der Waals surface area contributed by atoms with Crippen molar-refractivity contribution in [2.45, 2.75) is 32.9 Å². The minimum Gasteiger partial charge on any atom is -0.314 e. The first-order valence-corrected chi connectivity index (χ1v) is 9.23. The van der Waals surface area contributed by atoms with Gasteiger partial charge in [0.25, 0.3) is 10.2 Å². The minimum absolute atomic E-state index is 0.296. The first kappa shape index (κ1) is 18.6. The third-order valence-corrected chi connectivity index (χ3v) is 5.03. The van der Waals surface area contributed by atoms with Crippen LogP contribution in [0.1, 0.15) is 25.8 Å². The van der Waals surface area contributed by atoms with Crippen LogP contribution in [0.4, 0.5) is 0 Å². The van der Waals surface area contributed by atoms with E-state index in [4.69, 9.17) is 0 Å². The highest BCUT2D eigenvalue weighted by Gasteiger charge is 2.16. The van der Waals surface area contributed by atoms with Crippen molar-refractivity contribution in [1.82, 2.24) is 14.3 Å². The van der Waals surface area contributed by atoms with Gasteiger partial charge in [-0.1, -0.05) is 41.9 Å². The minimum atomic E-state index is -3.43. The zero-order valence-electron chi connectivity index (χ0n) is 12.8. The van der Waals surface area contributed by atoms with Gasteiger partial charge in [-0.25, -0.2) is 0 Å². The van der Waals surface area contributed by atoms with Gasteiger partial charge in [0.15, 0.2) is 0 Å². The van der Waals surface area contributed by atoms with E-state index >= 15 is 0 Å². The van der Waals surface area contributed by atoms with E-state index < -0.39 is 10.2 Å². The van der Waals surface area contributed by atoms with Crippen LogP contribution < -0.4 is 10.0 Å². The fourth-order valence-corrected chi connectivity index (χ4v) is 2.90. The Morgan fingerprint density at radius 2 is 1.86 bits per heavy atom. The van der Waals surface area contributed by atoms with Gasteiger partial charge in [0.2, 0.25) is 0 Å². The molecule has 0 atom stereocenters. The summed E-state index contributed by atoms with van der Waals surface area (Å²) in [5.74, 6) is 0. The Kier molecular flexibility index (Phi) is 7.83.